The Balaban J connectivity index is 1.49. The number of carbonyl (C=O) groups is 7. The highest BCUT2D eigenvalue weighted by molar-refractivity contribution is 7.98. The van der Waals surface area contributed by atoms with Crippen molar-refractivity contribution in [1.82, 2.24) is 41.9 Å². The standard InChI is InChI=1S/C42H57N9O10S/c1-21(2)34(42(60)61)50-39(57)32(16-24-18-44-29-12-8-6-10-26(24)29)48-36(54)22(3)46-38(56)31(14-15-62-5)47-41(59)35(23(4)53)51-40(58)33(49-37(55)28(43)20-52)17-25-19-45-30-13-9-7-11-27(25)30/h6-13,18-19,21-23,28,31-35,44-45,52-53H,14-17,20,43H2,1-5H3,(H,46,56)(H,47,59)(H,48,54)(H,49,55)(H,50,57)(H,51,58)(H,60,61)/t22-,23+,28-,31-,32-,33-,34-,35-/m0/s1. The molecule has 0 saturated heterocycles. The molecule has 6 amide bonds. The van der Waals surface area contributed by atoms with Gasteiger partial charge in [-0.2, -0.15) is 11.8 Å². The van der Waals surface area contributed by atoms with Crippen LogP contribution in [0.3, 0.4) is 0 Å². The molecule has 2 aromatic heterocycles. The number of hydrogen-bond donors (Lipinski definition) is 12. The minimum absolute atomic E-state index is 0.0217. The Hall–Kier alpha value is -5.96. The zero-order valence-electron chi connectivity index (χ0n) is 35.2. The van der Waals surface area contributed by atoms with Crippen LogP contribution in [-0.4, -0.2) is 134 Å². The van der Waals surface area contributed by atoms with Crippen LogP contribution >= 0.6 is 11.8 Å². The van der Waals surface area contributed by atoms with Crippen molar-refractivity contribution in [1.29, 1.82) is 0 Å². The molecular formula is C42H57N9O10S. The van der Waals surface area contributed by atoms with Crippen LogP contribution in [-0.2, 0) is 46.4 Å². The first-order chi connectivity index (χ1) is 29.4. The maximum atomic E-state index is 13.8. The third-order valence-corrected chi connectivity index (χ3v) is 10.9. The van der Waals surface area contributed by atoms with Crippen molar-refractivity contribution in [2.75, 3.05) is 18.6 Å². The quantitative estimate of drug-likeness (QED) is 0.0452. The predicted octanol–water partition coefficient (Wildman–Crippen LogP) is -0.443. The number of H-pyrrole nitrogens is 2. The summed E-state index contributed by atoms with van der Waals surface area (Å²) < 4.78 is 0. The van der Waals surface area contributed by atoms with Crippen LogP contribution in [0.4, 0.5) is 0 Å². The molecule has 0 bridgehead atoms. The molecule has 0 fully saturated rings. The number of aliphatic hydroxyl groups is 2. The molecule has 20 heteroatoms. The molecule has 336 valence electrons. The van der Waals surface area contributed by atoms with E-state index in [1.165, 1.54) is 25.6 Å². The van der Waals surface area contributed by atoms with E-state index in [0.29, 0.717) is 16.9 Å². The number of amides is 6. The Bertz CT molecular complexity index is 2210. The van der Waals surface area contributed by atoms with Crippen LogP contribution in [0.5, 0.6) is 0 Å². The van der Waals surface area contributed by atoms with Gasteiger partial charge in [-0.1, -0.05) is 50.2 Å². The lowest BCUT2D eigenvalue weighted by Gasteiger charge is -2.28. The normalized spacial score (nSPS) is 15.3. The number of nitrogens with one attached hydrogen (secondary N) is 8. The molecule has 2 aromatic carbocycles. The first-order valence-corrected chi connectivity index (χ1v) is 21.5. The van der Waals surface area contributed by atoms with Gasteiger partial charge in [-0.05, 0) is 61.5 Å². The van der Waals surface area contributed by atoms with Gasteiger partial charge in [0.15, 0.2) is 0 Å². The SMILES string of the molecule is CSCC[C@H](NC(=O)[C@@H](NC(=O)[C@H](Cc1c[nH]c2ccccc12)NC(=O)[C@@H](N)CO)[C@@H](C)O)C(=O)N[C@@H](C)C(=O)N[C@@H](Cc1c[nH]c2ccccc12)C(=O)N[C@H](C(=O)O)C(C)C. The van der Waals surface area contributed by atoms with Crippen molar-refractivity contribution in [3.8, 4) is 0 Å². The zero-order valence-corrected chi connectivity index (χ0v) is 36.0. The van der Waals surface area contributed by atoms with E-state index in [4.69, 9.17) is 5.73 Å². The Kier molecular flexibility index (Phi) is 17.9. The van der Waals surface area contributed by atoms with Crippen LogP contribution in [0.25, 0.3) is 21.8 Å². The molecule has 4 rings (SSSR count). The van der Waals surface area contributed by atoms with Gasteiger partial charge in [-0.3, -0.25) is 28.8 Å². The van der Waals surface area contributed by atoms with E-state index < -0.39 is 102 Å². The number of aromatic amines is 2. The topological polar surface area (TPSA) is 310 Å². The maximum Gasteiger partial charge on any atom is 0.326 e. The lowest BCUT2D eigenvalue weighted by atomic mass is 10.0. The Morgan fingerprint density at radius 2 is 1.11 bits per heavy atom. The van der Waals surface area contributed by atoms with Gasteiger partial charge in [0.2, 0.25) is 35.4 Å². The summed E-state index contributed by atoms with van der Waals surface area (Å²) in [7, 11) is 0. The Labute approximate surface area is 362 Å². The number of aromatic nitrogens is 2. The molecule has 0 aliphatic heterocycles. The van der Waals surface area contributed by atoms with Crippen molar-refractivity contribution in [3.63, 3.8) is 0 Å². The van der Waals surface area contributed by atoms with E-state index in [1.54, 1.807) is 38.6 Å². The molecule has 19 nitrogen and oxygen atoms in total. The van der Waals surface area contributed by atoms with Gasteiger partial charge in [0.05, 0.1) is 12.7 Å². The number of hydrogen-bond acceptors (Lipinski definition) is 11. The van der Waals surface area contributed by atoms with Crippen molar-refractivity contribution < 1.29 is 48.9 Å². The van der Waals surface area contributed by atoms with Gasteiger partial charge in [0, 0.05) is 47.0 Å². The van der Waals surface area contributed by atoms with Crippen LogP contribution in [0.15, 0.2) is 60.9 Å². The second-order valence-corrected chi connectivity index (χ2v) is 16.4. The van der Waals surface area contributed by atoms with E-state index in [9.17, 15) is 48.9 Å². The number of nitrogens with two attached hydrogens (primary N) is 1. The zero-order chi connectivity index (χ0) is 45.7. The molecule has 0 radical (unpaired) electrons. The van der Waals surface area contributed by atoms with Crippen molar-refractivity contribution >= 4 is 75.0 Å². The summed E-state index contributed by atoms with van der Waals surface area (Å²) in [6.45, 7) is 5.20. The minimum Gasteiger partial charge on any atom is -0.480 e. The molecule has 13 N–H and O–H groups in total. The molecular weight excluding hydrogens is 823 g/mol. The average molecular weight is 880 g/mol. The van der Waals surface area contributed by atoms with Crippen LogP contribution in [0.2, 0.25) is 0 Å². The highest BCUT2D eigenvalue weighted by atomic mass is 32.2. The number of carboxylic acid groups (broad SMARTS) is 1. The largest absolute Gasteiger partial charge is 0.480 e. The van der Waals surface area contributed by atoms with Crippen LogP contribution in [0, 0.1) is 5.92 Å². The van der Waals surface area contributed by atoms with Gasteiger partial charge < -0.3 is 62.9 Å². The summed E-state index contributed by atoms with van der Waals surface area (Å²) in [6.07, 6.45) is 3.63. The smallest absolute Gasteiger partial charge is 0.326 e. The summed E-state index contributed by atoms with van der Waals surface area (Å²) in [5.41, 5.74) is 8.60. The molecule has 0 aliphatic rings. The fraction of sp³-hybridized carbons (Fsp3) is 0.452. The lowest BCUT2D eigenvalue weighted by Crippen LogP contribution is -2.61. The molecule has 62 heavy (non-hydrogen) atoms. The number of carboxylic acids is 1. The molecule has 2 heterocycles. The first kappa shape index (κ1) is 48.7. The highest BCUT2D eigenvalue weighted by Gasteiger charge is 2.35. The van der Waals surface area contributed by atoms with Crippen molar-refractivity contribution in [3.05, 3.63) is 72.1 Å². The number of benzene rings is 2. The molecule has 4 aromatic rings. The molecule has 0 aliphatic carbocycles. The van der Waals surface area contributed by atoms with Crippen LogP contribution < -0.4 is 37.6 Å². The third kappa shape index (κ3) is 13.0. The van der Waals surface area contributed by atoms with Gasteiger partial charge in [-0.15, -0.1) is 0 Å². The number of thioether (sulfide) groups is 1. The third-order valence-electron chi connectivity index (χ3n) is 10.3. The fourth-order valence-electron chi connectivity index (χ4n) is 6.69. The average Bonchev–Trinajstić information content (AvgIpc) is 3.85. The molecule has 0 unspecified atom stereocenters. The Morgan fingerprint density at radius 3 is 1.58 bits per heavy atom. The summed E-state index contributed by atoms with van der Waals surface area (Å²) >= 11 is 1.37. The van der Waals surface area contributed by atoms with E-state index >= 15 is 0 Å². The lowest BCUT2D eigenvalue weighted by molar-refractivity contribution is -0.143. The van der Waals surface area contributed by atoms with Gasteiger partial charge in [0.1, 0.15) is 42.3 Å². The summed E-state index contributed by atoms with van der Waals surface area (Å²) in [6, 6.07) is 5.28. The number of para-hydroxylation sites is 2. The second-order valence-electron chi connectivity index (χ2n) is 15.4. The monoisotopic (exact) mass is 879 g/mol. The summed E-state index contributed by atoms with van der Waals surface area (Å²) in [5.74, 6) is -6.29. The van der Waals surface area contributed by atoms with E-state index in [2.05, 4.69) is 41.9 Å². The van der Waals surface area contributed by atoms with Gasteiger partial charge in [-0.25, -0.2) is 4.79 Å². The van der Waals surface area contributed by atoms with Gasteiger partial charge in [0.25, 0.3) is 0 Å². The number of carbonyl (C=O) groups excluding carboxylic acids is 6. The van der Waals surface area contributed by atoms with Crippen LogP contribution in [0.1, 0.15) is 45.2 Å². The number of aliphatic hydroxyl groups excluding tert-OH is 2. The second kappa shape index (κ2) is 22.8. The Morgan fingerprint density at radius 1 is 0.645 bits per heavy atom. The van der Waals surface area contributed by atoms with E-state index in [1.807, 2.05) is 42.5 Å². The summed E-state index contributed by atoms with van der Waals surface area (Å²) in [5, 5.41) is 46.8. The van der Waals surface area contributed by atoms with Crippen molar-refractivity contribution in [2.45, 2.75) is 95.4 Å². The van der Waals surface area contributed by atoms with Gasteiger partial charge >= 0.3 is 5.97 Å². The predicted molar refractivity (Wildman–Crippen MR) is 233 cm³/mol. The van der Waals surface area contributed by atoms with Crippen molar-refractivity contribution in [2.24, 2.45) is 11.7 Å². The number of rotatable bonds is 23. The minimum atomic E-state index is -1.62. The molecule has 0 spiro atoms. The summed E-state index contributed by atoms with van der Waals surface area (Å²) in [4.78, 5) is 99.5. The molecule has 8 atom stereocenters. The molecule has 0 saturated carbocycles. The van der Waals surface area contributed by atoms with E-state index in [-0.39, 0.29) is 19.3 Å². The first-order valence-electron chi connectivity index (χ1n) is 20.1. The highest BCUT2D eigenvalue weighted by Crippen LogP contribution is 2.21. The number of aliphatic carboxylic acids is 1. The maximum absolute atomic E-state index is 13.8. The number of fused-ring (bicyclic) bond motifs is 2. The fourth-order valence-corrected chi connectivity index (χ4v) is 7.16. The van der Waals surface area contributed by atoms with E-state index in [0.717, 1.165) is 21.8 Å².